The van der Waals surface area contributed by atoms with Gasteiger partial charge in [0, 0.05) is 5.56 Å². The van der Waals surface area contributed by atoms with E-state index in [1.54, 1.807) is 18.2 Å². The normalized spacial score (nSPS) is 11.5. The molecule has 0 heterocycles. The standard InChI is InChI=1S/C27H34O5/c1-6-7-8-9-16-31-23-13-11-22(12-14-23)24(28)15-10-21-17-19(2)25(20(3)18-21)32-27(4,5)26(29)30/h10-15,17-18H,6-9,16H2,1-5H3,(H,29,30)/b15-10+. The van der Waals surface area contributed by atoms with Crippen LogP contribution in [0.15, 0.2) is 42.5 Å². The minimum Gasteiger partial charge on any atom is -0.494 e. The molecule has 0 spiro atoms. The smallest absolute Gasteiger partial charge is 0.347 e. The van der Waals surface area contributed by atoms with Crippen LogP contribution in [0, 0.1) is 13.8 Å². The molecule has 0 aliphatic heterocycles. The predicted octanol–water partition coefficient (Wildman–Crippen LogP) is 6.40. The number of benzene rings is 2. The maximum Gasteiger partial charge on any atom is 0.347 e. The largest absolute Gasteiger partial charge is 0.494 e. The van der Waals surface area contributed by atoms with Crippen LogP contribution in [-0.2, 0) is 4.79 Å². The van der Waals surface area contributed by atoms with Crippen molar-refractivity contribution in [2.24, 2.45) is 0 Å². The Kier molecular flexibility index (Phi) is 9.06. The number of rotatable bonds is 12. The lowest BCUT2D eigenvalue weighted by molar-refractivity contribution is -0.152. The molecule has 2 rings (SSSR count). The number of carboxylic acid groups (broad SMARTS) is 1. The number of aryl methyl sites for hydroxylation is 2. The number of carboxylic acids is 1. The van der Waals surface area contributed by atoms with Gasteiger partial charge in [-0.25, -0.2) is 4.79 Å². The van der Waals surface area contributed by atoms with Crippen molar-refractivity contribution in [3.8, 4) is 11.5 Å². The minimum atomic E-state index is -1.33. The first-order chi connectivity index (χ1) is 15.1. The summed E-state index contributed by atoms with van der Waals surface area (Å²) in [7, 11) is 0. The van der Waals surface area contributed by atoms with Gasteiger partial charge in [-0.3, -0.25) is 4.79 Å². The van der Waals surface area contributed by atoms with Gasteiger partial charge in [0.1, 0.15) is 11.5 Å². The van der Waals surface area contributed by atoms with Crippen molar-refractivity contribution in [1.29, 1.82) is 0 Å². The second-order valence-corrected chi connectivity index (χ2v) is 8.53. The fourth-order valence-corrected chi connectivity index (χ4v) is 3.24. The Hall–Kier alpha value is -3.08. The second kappa shape index (κ2) is 11.5. The first-order valence-electron chi connectivity index (χ1n) is 11.1. The Bertz CT molecular complexity index is 932. The average Bonchev–Trinajstić information content (AvgIpc) is 2.75. The van der Waals surface area contributed by atoms with Crippen molar-refractivity contribution in [3.05, 3.63) is 64.7 Å². The molecule has 0 aliphatic carbocycles. The molecule has 5 heteroatoms. The monoisotopic (exact) mass is 438 g/mol. The molecule has 0 unspecified atom stereocenters. The maximum atomic E-state index is 12.5. The lowest BCUT2D eigenvalue weighted by Crippen LogP contribution is -2.38. The van der Waals surface area contributed by atoms with Crippen molar-refractivity contribution >= 4 is 17.8 Å². The van der Waals surface area contributed by atoms with Gasteiger partial charge in [-0.1, -0.05) is 32.3 Å². The third-order valence-electron chi connectivity index (χ3n) is 5.19. The van der Waals surface area contributed by atoms with Crippen LogP contribution < -0.4 is 9.47 Å². The minimum absolute atomic E-state index is 0.0952. The van der Waals surface area contributed by atoms with Crippen molar-refractivity contribution in [3.63, 3.8) is 0 Å². The number of hydrogen-bond donors (Lipinski definition) is 1. The molecule has 0 amide bonds. The molecule has 0 aromatic heterocycles. The van der Waals surface area contributed by atoms with E-state index in [1.807, 2.05) is 38.1 Å². The van der Waals surface area contributed by atoms with Gasteiger partial charge < -0.3 is 14.6 Å². The van der Waals surface area contributed by atoms with Gasteiger partial charge in [0.05, 0.1) is 6.61 Å². The molecular formula is C27H34O5. The second-order valence-electron chi connectivity index (χ2n) is 8.53. The van der Waals surface area contributed by atoms with Crippen molar-refractivity contribution < 1.29 is 24.2 Å². The van der Waals surface area contributed by atoms with E-state index < -0.39 is 11.6 Å². The molecule has 172 valence electrons. The Labute approximate surface area is 191 Å². The van der Waals surface area contributed by atoms with Crippen LogP contribution in [-0.4, -0.2) is 29.1 Å². The van der Waals surface area contributed by atoms with E-state index in [4.69, 9.17) is 9.47 Å². The van der Waals surface area contributed by atoms with Crippen molar-refractivity contribution in [2.75, 3.05) is 6.61 Å². The highest BCUT2D eigenvalue weighted by Gasteiger charge is 2.30. The molecule has 0 saturated carbocycles. The lowest BCUT2D eigenvalue weighted by atomic mass is 10.0. The maximum absolute atomic E-state index is 12.5. The van der Waals surface area contributed by atoms with Gasteiger partial charge in [0.15, 0.2) is 11.4 Å². The molecule has 2 aromatic carbocycles. The quantitative estimate of drug-likeness (QED) is 0.236. The topological polar surface area (TPSA) is 72.8 Å². The van der Waals surface area contributed by atoms with Crippen LogP contribution in [0.3, 0.4) is 0 Å². The first-order valence-corrected chi connectivity index (χ1v) is 11.1. The van der Waals surface area contributed by atoms with E-state index in [0.717, 1.165) is 28.9 Å². The SMILES string of the molecule is CCCCCCOc1ccc(C(=O)/C=C/c2cc(C)c(OC(C)(C)C(=O)O)c(C)c2)cc1. The molecule has 0 bridgehead atoms. The van der Waals surface area contributed by atoms with E-state index >= 15 is 0 Å². The summed E-state index contributed by atoms with van der Waals surface area (Å²) in [6, 6.07) is 10.9. The predicted molar refractivity (Wildman–Crippen MR) is 128 cm³/mol. The molecular weight excluding hydrogens is 404 g/mol. The third-order valence-corrected chi connectivity index (χ3v) is 5.19. The van der Waals surface area contributed by atoms with Gasteiger partial charge in [0.25, 0.3) is 0 Å². The number of hydrogen-bond acceptors (Lipinski definition) is 4. The van der Waals surface area contributed by atoms with Gasteiger partial charge in [-0.05, 0) is 93.3 Å². The molecule has 0 saturated heterocycles. The van der Waals surface area contributed by atoms with Crippen LogP contribution >= 0.6 is 0 Å². The zero-order chi connectivity index (χ0) is 23.7. The van der Waals surface area contributed by atoms with Crippen LogP contribution in [0.2, 0.25) is 0 Å². The molecule has 2 aromatic rings. The number of ether oxygens (including phenoxy) is 2. The van der Waals surface area contributed by atoms with Crippen LogP contribution in [0.25, 0.3) is 6.08 Å². The molecule has 5 nitrogen and oxygen atoms in total. The number of carbonyl (C=O) groups is 2. The zero-order valence-corrected chi connectivity index (χ0v) is 19.7. The number of unbranched alkanes of at least 4 members (excludes halogenated alkanes) is 3. The Morgan fingerprint density at radius 2 is 1.62 bits per heavy atom. The molecule has 0 aliphatic rings. The summed E-state index contributed by atoms with van der Waals surface area (Å²) in [5, 5.41) is 9.30. The van der Waals surface area contributed by atoms with Gasteiger partial charge in [-0.15, -0.1) is 0 Å². The summed E-state index contributed by atoms with van der Waals surface area (Å²) < 4.78 is 11.5. The van der Waals surface area contributed by atoms with Gasteiger partial charge in [-0.2, -0.15) is 0 Å². The van der Waals surface area contributed by atoms with E-state index in [2.05, 4.69) is 6.92 Å². The number of aliphatic carboxylic acids is 1. The fourth-order valence-electron chi connectivity index (χ4n) is 3.24. The van der Waals surface area contributed by atoms with Crippen LogP contribution in [0.4, 0.5) is 0 Å². The average molecular weight is 439 g/mol. The van der Waals surface area contributed by atoms with Crippen molar-refractivity contribution in [2.45, 2.75) is 65.9 Å². The van der Waals surface area contributed by atoms with E-state index in [0.29, 0.717) is 17.9 Å². The summed E-state index contributed by atoms with van der Waals surface area (Å²) in [6.45, 7) is 9.63. The summed E-state index contributed by atoms with van der Waals surface area (Å²) in [4.78, 5) is 23.9. The molecule has 32 heavy (non-hydrogen) atoms. The van der Waals surface area contributed by atoms with Crippen molar-refractivity contribution in [1.82, 2.24) is 0 Å². The highest BCUT2D eigenvalue weighted by Crippen LogP contribution is 2.29. The van der Waals surface area contributed by atoms with Gasteiger partial charge >= 0.3 is 5.97 Å². The number of allylic oxidation sites excluding steroid dienone is 1. The lowest BCUT2D eigenvalue weighted by Gasteiger charge is -2.24. The van der Waals surface area contributed by atoms with Crippen LogP contribution in [0.1, 0.15) is 73.5 Å². The number of ketones is 1. The zero-order valence-electron chi connectivity index (χ0n) is 19.7. The Morgan fingerprint density at radius 1 is 1.00 bits per heavy atom. The van der Waals surface area contributed by atoms with E-state index in [-0.39, 0.29) is 5.78 Å². The fraction of sp³-hybridized carbons (Fsp3) is 0.407. The summed E-state index contributed by atoms with van der Waals surface area (Å²) in [5.74, 6) is 0.195. The molecule has 0 fully saturated rings. The van der Waals surface area contributed by atoms with E-state index in [1.165, 1.54) is 39.2 Å². The van der Waals surface area contributed by atoms with Crippen LogP contribution in [0.5, 0.6) is 11.5 Å². The number of carbonyl (C=O) groups excluding carboxylic acids is 1. The van der Waals surface area contributed by atoms with Gasteiger partial charge in [0.2, 0.25) is 0 Å². The first kappa shape index (κ1) is 25.2. The molecule has 0 radical (unpaired) electrons. The third kappa shape index (κ3) is 7.26. The Balaban J connectivity index is 2.02. The highest BCUT2D eigenvalue weighted by molar-refractivity contribution is 6.06. The highest BCUT2D eigenvalue weighted by atomic mass is 16.5. The van der Waals surface area contributed by atoms with E-state index in [9.17, 15) is 14.7 Å². The summed E-state index contributed by atoms with van der Waals surface area (Å²) in [5.41, 5.74) is 1.74. The summed E-state index contributed by atoms with van der Waals surface area (Å²) in [6.07, 6.45) is 7.92. The Morgan fingerprint density at radius 3 is 2.19 bits per heavy atom. The molecule has 0 atom stereocenters. The molecule has 1 N–H and O–H groups in total. The summed E-state index contributed by atoms with van der Waals surface area (Å²) >= 11 is 0.